The third kappa shape index (κ3) is 2.92. The topological polar surface area (TPSA) is 15.3 Å². The van der Waals surface area contributed by atoms with Gasteiger partial charge in [-0.3, -0.25) is 4.90 Å². The molecule has 0 aromatic heterocycles. The van der Waals surface area contributed by atoms with Gasteiger partial charge in [-0.2, -0.15) is 0 Å². The Morgan fingerprint density at radius 3 is 2.71 bits per heavy atom. The Labute approximate surface area is 86.9 Å². The van der Waals surface area contributed by atoms with Crippen LogP contribution >= 0.6 is 0 Å². The first-order valence-electron chi connectivity index (χ1n) is 5.72. The summed E-state index contributed by atoms with van der Waals surface area (Å²) in [5, 5.41) is 3.54. The highest BCUT2D eigenvalue weighted by Crippen LogP contribution is 2.14. The molecule has 0 bridgehead atoms. The maximum Gasteiger partial charge on any atom is 0.102 e. The predicted molar refractivity (Wildman–Crippen MR) is 58.3 cm³/mol. The van der Waals surface area contributed by atoms with Gasteiger partial charge in [0.25, 0.3) is 0 Å². The van der Waals surface area contributed by atoms with E-state index >= 15 is 0 Å². The average molecular weight is 202 g/mol. The quantitative estimate of drug-likeness (QED) is 0.746. The summed E-state index contributed by atoms with van der Waals surface area (Å²) in [7, 11) is 0. The summed E-state index contributed by atoms with van der Waals surface area (Å²) in [6, 6.07) is 1.06. The number of piperazine rings is 1. The second-order valence-electron chi connectivity index (χ2n) is 4.50. The lowest BCUT2D eigenvalue weighted by molar-refractivity contribution is 0.103. The molecule has 3 heteroatoms. The van der Waals surface area contributed by atoms with Crippen molar-refractivity contribution >= 4 is 0 Å². The van der Waals surface area contributed by atoms with Gasteiger partial charge in [0, 0.05) is 31.7 Å². The zero-order chi connectivity index (χ0) is 10.6. The summed E-state index contributed by atoms with van der Waals surface area (Å²) in [6.45, 7) is 9.01. The molecule has 1 saturated heterocycles. The van der Waals surface area contributed by atoms with Gasteiger partial charge in [0.15, 0.2) is 0 Å². The predicted octanol–water partition coefficient (Wildman–Crippen LogP) is 1.66. The number of halogens is 1. The van der Waals surface area contributed by atoms with Crippen LogP contribution in [0.4, 0.5) is 4.39 Å². The molecule has 2 unspecified atom stereocenters. The molecule has 0 saturated carbocycles. The number of hydrogen-bond donors (Lipinski definition) is 1. The van der Waals surface area contributed by atoms with Crippen molar-refractivity contribution in [3.63, 3.8) is 0 Å². The summed E-state index contributed by atoms with van der Waals surface area (Å²) < 4.78 is 12.4. The normalized spacial score (nSPS) is 29.8. The second kappa shape index (κ2) is 5.66. The van der Waals surface area contributed by atoms with E-state index in [4.69, 9.17) is 0 Å². The molecule has 1 heterocycles. The third-order valence-corrected chi connectivity index (χ3v) is 3.21. The molecule has 0 aromatic carbocycles. The summed E-state index contributed by atoms with van der Waals surface area (Å²) in [4.78, 5) is 2.29. The van der Waals surface area contributed by atoms with Crippen LogP contribution in [0.1, 0.15) is 27.2 Å². The van der Waals surface area contributed by atoms with Gasteiger partial charge in [-0.1, -0.05) is 20.8 Å². The summed E-state index contributed by atoms with van der Waals surface area (Å²) in [5.74, 6) is 0.634. The van der Waals surface area contributed by atoms with Gasteiger partial charge in [0.2, 0.25) is 0 Å². The van der Waals surface area contributed by atoms with Crippen molar-refractivity contribution < 1.29 is 4.39 Å². The van der Waals surface area contributed by atoms with Crippen LogP contribution in [0.3, 0.4) is 0 Å². The summed E-state index contributed by atoms with van der Waals surface area (Å²) in [5.41, 5.74) is 0. The number of nitrogens with zero attached hydrogens (tertiary/aromatic N) is 1. The minimum atomic E-state index is -0.221. The van der Waals surface area contributed by atoms with Crippen molar-refractivity contribution in [2.75, 3.05) is 26.3 Å². The Hall–Kier alpha value is -0.150. The zero-order valence-corrected chi connectivity index (χ0v) is 9.59. The molecule has 0 amide bonds. The van der Waals surface area contributed by atoms with Crippen molar-refractivity contribution in [2.45, 2.75) is 39.3 Å². The van der Waals surface area contributed by atoms with Crippen LogP contribution in [0.5, 0.6) is 0 Å². The van der Waals surface area contributed by atoms with Gasteiger partial charge < -0.3 is 5.32 Å². The van der Waals surface area contributed by atoms with Crippen LogP contribution in [0.2, 0.25) is 0 Å². The molecule has 84 valence electrons. The van der Waals surface area contributed by atoms with Crippen molar-refractivity contribution in [3.05, 3.63) is 0 Å². The van der Waals surface area contributed by atoms with E-state index in [0.29, 0.717) is 24.5 Å². The number of rotatable bonds is 4. The Bertz CT molecular complexity index is 161. The first-order chi connectivity index (χ1) is 6.69. The van der Waals surface area contributed by atoms with Gasteiger partial charge in [-0.25, -0.2) is 4.39 Å². The monoisotopic (exact) mass is 202 g/mol. The molecular formula is C11H23FN2. The number of nitrogens with one attached hydrogen (secondary N) is 1. The van der Waals surface area contributed by atoms with E-state index in [0.717, 1.165) is 19.5 Å². The van der Waals surface area contributed by atoms with Crippen LogP contribution in [-0.2, 0) is 0 Å². The van der Waals surface area contributed by atoms with E-state index in [9.17, 15) is 4.39 Å². The maximum absolute atomic E-state index is 12.4. The van der Waals surface area contributed by atoms with Crippen molar-refractivity contribution in [3.8, 4) is 0 Å². The van der Waals surface area contributed by atoms with E-state index in [1.165, 1.54) is 0 Å². The van der Waals surface area contributed by atoms with Gasteiger partial charge in [-0.05, 0) is 12.3 Å². The lowest BCUT2D eigenvalue weighted by Crippen LogP contribution is -2.58. The highest BCUT2D eigenvalue weighted by Gasteiger charge is 2.27. The van der Waals surface area contributed by atoms with Gasteiger partial charge in [0.05, 0.1) is 0 Å². The molecule has 2 atom stereocenters. The standard InChI is InChI=1S/C11H23FN2/c1-4-10-7-13-11(9(2)3)8-14(10)6-5-12/h9-11,13H,4-8H2,1-3H3. The van der Waals surface area contributed by atoms with E-state index in [1.54, 1.807) is 0 Å². The maximum atomic E-state index is 12.4. The zero-order valence-electron chi connectivity index (χ0n) is 9.59. The van der Waals surface area contributed by atoms with Crippen LogP contribution in [-0.4, -0.2) is 43.3 Å². The van der Waals surface area contributed by atoms with Gasteiger partial charge in [-0.15, -0.1) is 0 Å². The molecule has 0 spiro atoms. The minimum absolute atomic E-state index is 0.221. The van der Waals surface area contributed by atoms with Crippen LogP contribution in [0.25, 0.3) is 0 Å². The van der Waals surface area contributed by atoms with Gasteiger partial charge >= 0.3 is 0 Å². The number of hydrogen-bond acceptors (Lipinski definition) is 2. The summed E-state index contributed by atoms with van der Waals surface area (Å²) in [6.07, 6.45) is 1.11. The second-order valence-corrected chi connectivity index (χ2v) is 4.50. The molecule has 14 heavy (non-hydrogen) atoms. The molecule has 0 aliphatic carbocycles. The first-order valence-corrected chi connectivity index (χ1v) is 5.72. The smallest absolute Gasteiger partial charge is 0.102 e. The number of alkyl halides is 1. The first kappa shape index (κ1) is 11.9. The molecule has 1 aliphatic heterocycles. The molecule has 1 rings (SSSR count). The lowest BCUT2D eigenvalue weighted by Gasteiger charge is -2.41. The Balaban J connectivity index is 2.48. The highest BCUT2D eigenvalue weighted by atomic mass is 19.1. The van der Waals surface area contributed by atoms with Crippen LogP contribution < -0.4 is 5.32 Å². The Kier molecular flexibility index (Phi) is 4.82. The van der Waals surface area contributed by atoms with Crippen LogP contribution in [0.15, 0.2) is 0 Å². The van der Waals surface area contributed by atoms with Crippen molar-refractivity contribution in [2.24, 2.45) is 5.92 Å². The molecule has 1 aliphatic rings. The third-order valence-electron chi connectivity index (χ3n) is 3.21. The van der Waals surface area contributed by atoms with E-state index in [-0.39, 0.29) is 6.67 Å². The highest BCUT2D eigenvalue weighted by molar-refractivity contribution is 4.86. The SMILES string of the molecule is CCC1CNC(C(C)C)CN1CCF. The van der Waals surface area contributed by atoms with E-state index < -0.39 is 0 Å². The lowest BCUT2D eigenvalue weighted by atomic mass is 9.98. The Morgan fingerprint density at radius 1 is 1.50 bits per heavy atom. The van der Waals surface area contributed by atoms with Crippen molar-refractivity contribution in [1.29, 1.82) is 0 Å². The fraction of sp³-hybridized carbons (Fsp3) is 1.00. The van der Waals surface area contributed by atoms with Crippen LogP contribution in [0, 0.1) is 5.92 Å². The largest absolute Gasteiger partial charge is 0.311 e. The fourth-order valence-electron chi connectivity index (χ4n) is 2.11. The van der Waals surface area contributed by atoms with Crippen molar-refractivity contribution in [1.82, 2.24) is 10.2 Å². The molecule has 0 radical (unpaired) electrons. The molecule has 1 N–H and O–H groups in total. The molecule has 1 fully saturated rings. The molecule has 2 nitrogen and oxygen atoms in total. The molecular weight excluding hydrogens is 179 g/mol. The average Bonchev–Trinajstić information content (AvgIpc) is 2.18. The van der Waals surface area contributed by atoms with Gasteiger partial charge in [0.1, 0.15) is 6.67 Å². The molecule has 0 aromatic rings. The Morgan fingerprint density at radius 2 is 2.21 bits per heavy atom. The summed E-state index contributed by atoms with van der Waals surface area (Å²) >= 11 is 0. The van der Waals surface area contributed by atoms with E-state index in [2.05, 4.69) is 31.0 Å². The fourth-order valence-corrected chi connectivity index (χ4v) is 2.11. The minimum Gasteiger partial charge on any atom is -0.311 e. The van der Waals surface area contributed by atoms with E-state index in [1.807, 2.05) is 0 Å².